The molecular weight excluding hydrogens is 398 g/mol. The van der Waals surface area contributed by atoms with Crippen molar-refractivity contribution < 1.29 is 42.5 Å². The predicted molar refractivity (Wildman–Crippen MR) is 101 cm³/mol. The fourth-order valence-electron chi connectivity index (χ4n) is 2.31. The van der Waals surface area contributed by atoms with Crippen LogP contribution in [0.5, 0.6) is 0 Å². The fraction of sp³-hybridized carbons (Fsp3) is 0.812. The molecule has 0 saturated heterocycles. The minimum atomic E-state index is -4.39. The lowest BCUT2D eigenvalue weighted by molar-refractivity contribution is -0.114. The largest absolute Gasteiger partial charge is 0.469 e. The first-order valence-corrected chi connectivity index (χ1v) is 12.3. The second kappa shape index (κ2) is 15.5. The highest BCUT2D eigenvalue weighted by Crippen LogP contribution is 2.36. The smallest absolute Gasteiger partial charge is 0.303 e. The van der Waals surface area contributed by atoms with Gasteiger partial charge in [-0.15, -0.1) is 0 Å². The number of carbonyl (C=O) groups is 1. The zero-order chi connectivity index (χ0) is 20.6. The average Bonchev–Trinajstić information content (AvgIpc) is 2.53. The van der Waals surface area contributed by atoms with Crippen molar-refractivity contribution in [2.75, 3.05) is 13.2 Å². The first-order chi connectivity index (χ1) is 12.6. The maximum atomic E-state index is 11.6. The molecule has 0 atom stereocenters. The van der Waals surface area contributed by atoms with E-state index in [0.717, 1.165) is 38.5 Å². The Hall–Kier alpha value is -0.370. The molecule has 0 bridgehead atoms. The van der Waals surface area contributed by atoms with E-state index in [2.05, 4.69) is 9.05 Å². The number of unbranched alkanes of at least 4 members (excludes halogenated alkanes) is 8. The maximum absolute atomic E-state index is 11.6. The summed E-state index contributed by atoms with van der Waals surface area (Å²) < 4.78 is 29.6. The molecule has 160 valence electrons. The number of hydrogen-bond donors (Lipinski definition) is 4. The van der Waals surface area contributed by atoms with Crippen molar-refractivity contribution in [3.63, 3.8) is 0 Å². The van der Waals surface area contributed by atoms with Gasteiger partial charge in [-0.05, 0) is 38.2 Å². The van der Waals surface area contributed by atoms with Gasteiger partial charge < -0.3 is 19.6 Å². The van der Waals surface area contributed by atoms with Crippen molar-refractivity contribution in [3.05, 3.63) is 12.2 Å². The van der Waals surface area contributed by atoms with E-state index in [-0.39, 0.29) is 19.0 Å². The number of allylic oxidation sites excluding steroid dienone is 2. The van der Waals surface area contributed by atoms with E-state index in [0.29, 0.717) is 32.1 Å². The van der Waals surface area contributed by atoms with E-state index in [4.69, 9.17) is 19.6 Å². The van der Waals surface area contributed by atoms with Gasteiger partial charge >= 0.3 is 15.6 Å². The van der Waals surface area contributed by atoms with Gasteiger partial charge in [-0.1, -0.05) is 38.2 Å². The Morgan fingerprint density at radius 3 is 1.67 bits per heavy atom. The minimum absolute atomic E-state index is 0.00892. The molecule has 0 aliphatic heterocycles. The quantitative estimate of drug-likeness (QED) is 0.145. The van der Waals surface area contributed by atoms with E-state index in [9.17, 15) is 13.9 Å². The van der Waals surface area contributed by atoms with Crippen LogP contribution in [0.3, 0.4) is 0 Å². The summed E-state index contributed by atoms with van der Waals surface area (Å²) in [4.78, 5) is 45.7. The van der Waals surface area contributed by atoms with Gasteiger partial charge in [0.05, 0.1) is 13.2 Å². The van der Waals surface area contributed by atoms with Crippen LogP contribution in [0.25, 0.3) is 0 Å². The molecule has 0 aliphatic rings. The van der Waals surface area contributed by atoms with Crippen LogP contribution in [0.15, 0.2) is 12.2 Å². The summed E-state index contributed by atoms with van der Waals surface area (Å²) in [6.07, 6.45) is 12.1. The molecule has 11 heteroatoms. The Morgan fingerprint density at radius 1 is 0.704 bits per heavy atom. The van der Waals surface area contributed by atoms with Crippen LogP contribution in [-0.2, 0) is 23.0 Å². The lowest BCUT2D eigenvalue weighted by Crippen LogP contribution is -1.95. The number of phosphoric acid groups is 2. The van der Waals surface area contributed by atoms with E-state index >= 15 is 0 Å². The first-order valence-electron chi connectivity index (χ1n) is 9.20. The van der Waals surface area contributed by atoms with Gasteiger partial charge in [-0.25, -0.2) is 9.13 Å². The molecule has 0 saturated carbocycles. The summed E-state index contributed by atoms with van der Waals surface area (Å²) in [6.45, 7) is 0.0663. The molecule has 0 aromatic carbocycles. The van der Waals surface area contributed by atoms with Crippen molar-refractivity contribution >= 4 is 21.4 Å². The molecule has 27 heavy (non-hydrogen) atoms. The van der Waals surface area contributed by atoms with Crippen LogP contribution in [0, 0.1) is 0 Å². The highest BCUT2D eigenvalue weighted by atomic mass is 31.2. The Labute approximate surface area is 160 Å². The van der Waals surface area contributed by atoms with Crippen molar-refractivity contribution in [3.8, 4) is 0 Å². The number of hydrogen-bond acceptors (Lipinski definition) is 5. The summed E-state index contributed by atoms with van der Waals surface area (Å²) in [7, 11) is -8.72. The molecule has 0 aromatic rings. The van der Waals surface area contributed by atoms with Gasteiger partial charge in [0.1, 0.15) is 0 Å². The van der Waals surface area contributed by atoms with Crippen molar-refractivity contribution in [1.82, 2.24) is 0 Å². The van der Waals surface area contributed by atoms with Crippen molar-refractivity contribution in [1.29, 1.82) is 0 Å². The van der Waals surface area contributed by atoms with E-state index in [1.54, 1.807) is 6.08 Å². The Bertz CT molecular complexity index is 510. The van der Waals surface area contributed by atoms with Crippen LogP contribution >= 0.6 is 15.6 Å². The maximum Gasteiger partial charge on any atom is 0.469 e. The second-order valence-electron chi connectivity index (χ2n) is 6.24. The highest BCUT2D eigenvalue weighted by Gasteiger charge is 2.13. The molecule has 0 amide bonds. The Morgan fingerprint density at radius 2 is 1.15 bits per heavy atom. The summed E-state index contributed by atoms with van der Waals surface area (Å²) in [5.74, 6) is 0.0518. The summed E-state index contributed by atoms with van der Waals surface area (Å²) >= 11 is 0. The molecule has 0 unspecified atom stereocenters. The normalized spacial score (nSPS) is 12.7. The van der Waals surface area contributed by atoms with Gasteiger partial charge in [0.2, 0.25) is 0 Å². The summed E-state index contributed by atoms with van der Waals surface area (Å²) in [5.41, 5.74) is 0. The Balaban J connectivity index is 3.39. The highest BCUT2D eigenvalue weighted by molar-refractivity contribution is 7.46. The number of phosphoric ester groups is 2. The lowest BCUT2D eigenvalue weighted by atomic mass is 10.1. The third-order valence-corrected chi connectivity index (χ3v) is 4.69. The standard InChI is InChI=1S/C16H32O9P2/c17-16(13-9-7-11-15-25-27(21,22)23)12-8-5-3-1-2-4-6-10-14-24-26(18,19)20/h8,12H,1-7,9-11,13-15H2,(H2,18,19,20)(H2,21,22,23)/b12-8+. The molecule has 0 radical (unpaired) electrons. The molecule has 0 heterocycles. The molecule has 0 aliphatic carbocycles. The average molecular weight is 430 g/mol. The minimum Gasteiger partial charge on any atom is -0.303 e. The lowest BCUT2D eigenvalue weighted by Gasteiger charge is -2.04. The monoisotopic (exact) mass is 430 g/mol. The van der Waals surface area contributed by atoms with Crippen LogP contribution in [0.2, 0.25) is 0 Å². The van der Waals surface area contributed by atoms with Gasteiger partial charge in [0.25, 0.3) is 0 Å². The van der Waals surface area contributed by atoms with Crippen LogP contribution < -0.4 is 0 Å². The van der Waals surface area contributed by atoms with E-state index in [1.807, 2.05) is 6.08 Å². The topological polar surface area (TPSA) is 151 Å². The van der Waals surface area contributed by atoms with Gasteiger partial charge in [-0.2, -0.15) is 0 Å². The third kappa shape index (κ3) is 23.6. The van der Waals surface area contributed by atoms with Crippen LogP contribution in [0.4, 0.5) is 0 Å². The van der Waals surface area contributed by atoms with Crippen molar-refractivity contribution in [2.45, 2.75) is 70.6 Å². The third-order valence-electron chi connectivity index (χ3n) is 3.66. The molecule has 0 aromatic heterocycles. The molecule has 9 nitrogen and oxygen atoms in total. The van der Waals surface area contributed by atoms with E-state index in [1.165, 1.54) is 0 Å². The predicted octanol–water partition coefficient (Wildman–Crippen LogP) is 3.62. The summed E-state index contributed by atoms with van der Waals surface area (Å²) in [5, 5.41) is 0. The van der Waals surface area contributed by atoms with Gasteiger partial charge in [0.15, 0.2) is 5.78 Å². The van der Waals surface area contributed by atoms with Crippen molar-refractivity contribution in [2.24, 2.45) is 0 Å². The first kappa shape index (κ1) is 26.6. The van der Waals surface area contributed by atoms with E-state index < -0.39 is 15.6 Å². The zero-order valence-corrected chi connectivity index (χ0v) is 17.4. The zero-order valence-electron chi connectivity index (χ0n) is 15.6. The van der Waals surface area contributed by atoms with Crippen LogP contribution in [0.1, 0.15) is 70.6 Å². The van der Waals surface area contributed by atoms with Crippen LogP contribution in [-0.4, -0.2) is 38.6 Å². The fourth-order valence-corrected chi connectivity index (χ4v) is 3.05. The molecular formula is C16H32O9P2. The number of rotatable bonds is 18. The second-order valence-corrected chi connectivity index (χ2v) is 8.72. The van der Waals surface area contributed by atoms with Gasteiger partial charge in [-0.3, -0.25) is 13.8 Å². The number of carbonyl (C=O) groups excluding carboxylic acids is 1. The van der Waals surface area contributed by atoms with Gasteiger partial charge in [0, 0.05) is 6.42 Å². The summed E-state index contributed by atoms with van der Waals surface area (Å²) in [6, 6.07) is 0. The molecule has 0 spiro atoms. The SMILES string of the molecule is O=C(/C=C/CCCCCCCCOP(=O)(O)O)CCCCCOP(=O)(O)O. The molecule has 0 rings (SSSR count). The Kier molecular flexibility index (Phi) is 15.3. The molecule has 0 fully saturated rings. The molecule has 4 N–H and O–H groups in total. The number of ketones is 1.